The van der Waals surface area contributed by atoms with Gasteiger partial charge in [-0.25, -0.2) is 0 Å². The highest BCUT2D eigenvalue weighted by Gasteiger charge is 2.23. The lowest BCUT2D eigenvalue weighted by Gasteiger charge is -2.16. The van der Waals surface area contributed by atoms with Crippen LogP contribution < -0.4 is 14.2 Å². The summed E-state index contributed by atoms with van der Waals surface area (Å²) < 4.78 is 18.3. The number of hydrogen-bond donors (Lipinski definition) is 0. The predicted octanol–water partition coefficient (Wildman–Crippen LogP) is 3.72. The number of aromatic nitrogens is 3. The second-order valence-electron chi connectivity index (χ2n) is 5.98. The van der Waals surface area contributed by atoms with Gasteiger partial charge in [0.05, 0.1) is 32.1 Å². The van der Waals surface area contributed by atoms with Crippen molar-refractivity contribution in [1.82, 2.24) is 14.9 Å². The van der Waals surface area contributed by atoms with Gasteiger partial charge in [-0.1, -0.05) is 23.9 Å². The predicted molar refractivity (Wildman–Crippen MR) is 109 cm³/mol. The number of methoxy groups -OCH3 is 2. The fourth-order valence-electron chi connectivity index (χ4n) is 2.94. The van der Waals surface area contributed by atoms with Crippen molar-refractivity contribution in [2.45, 2.75) is 12.1 Å². The molecule has 0 saturated carbocycles. The molecule has 28 heavy (non-hydrogen) atoms. The van der Waals surface area contributed by atoms with Gasteiger partial charge in [0.15, 0.2) is 5.82 Å². The van der Waals surface area contributed by atoms with Crippen molar-refractivity contribution < 1.29 is 14.2 Å². The molecule has 7 nitrogen and oxygen atoms in total. The zero-order valence-corrected chi connectivity index (χ0v) is 16.7. The van der Waals surface area contributed by atoms with E-state index in [2.05, 4.69) is 10.2 Å². The summed E-state index contributed by atoms with van der Waals surface area (Å²) in [6, 6.07) is 13.5. The van der Waals surface area contributed by atoms with Gasteiger partial charge in [0.2, 0.25) is 5.16 Å². The molecule has 1 aliphatic rings. The van der Waals surface area contributed by atoms with E-state index >= 15 is 0 Å². The Morgan fingerprint density at radius 2 is 1.79 bits per heavy atom. The summed E-state index contributed by atoms with van der Waals surface area (Å²) in [6.07, 6.45) is 0. The van der Waals surface area contributed by atoms with Crippen LogP contribution in [0.1, 0.15) is 12.5 Å². The van der Waals surface area contributed by atoms with Crippen molar-refractivity contribution >= 4 is 17.5 Å². The van der Waals surface area contributed by atoms with Crippen LogP contribution in [-0.2, 0) is 0 Å². The number of hydrogen-bond acceptors (Lipinski definition) is 7. The first kappa shape index (κ1) is 18.4. The topological polar surface area (TPSA) is 70.8 Å². The van der Waals surface area contributed by atoms with Gasteiger partial charge >= 0.3 is 0 Å². The van der Waals surface area contributed by atoms with Crippen LogP contribution in [0.15, 0.2) is 52.7 Å². The number of benzene rings is 2. The van der Waals surface area contributed by atoms with E-state index in [1.54, 1.807) is 30.7 Å². The molecule has 2 aromatic carbocycles. The Morgan fingerprint density at radius 3 is 2.50 bits per heavy atom. The van der Waals surface area contributed by atoms with Gasteiger partial charge in [-0.2, -0.15) is 9.78 Å². The molecular weight excluding hydrogens is 376 g/mol. The van der Waals surface area contributed by atoms with Crippen molar-refractivity contribution in [3.63, 3.8) is 0 Å². The SMILES string of the molecule is CCOc1ccccc1-c1nnc2n1N=C(c1cc(OC)cc(OC)c1)CS2. The minimum Gasteiger partial charge on any atom is -0.497 e. The van der Waals surface area contributed by atoms with Crippen molar-refractivity contribution in [3.05, 3.63) is 48.0 Å². The third kappa shape index (κ3) is 3.43. The lowest BCUT2D eigenvalue weighted by Crippen LogP contribution is -2.14. The summed E-state index contributed by atoms with van der Waals surface area (Å²) in [7, 11) is 3.27. The van der Waals surface area contributed by atoms with E-state index in [4.69, 9.17) is 19.3 Å². The minimum absolute atomic E-state index is 0.574. The van der Waals surface area contributed by atoms with E-state index in [-0.39, 0.29) is 0 Å². The molecule has 3 aromatic rings. The summed E-state index contributed by atoms with van der Waals surface area (Å²) in [5, 5.41) is 14.2. The third-order valence-corrected chi connectivity index (χ3v) is 5.21. The van der Waals surface area contributed by atoms with Crippen LogP contribution in [0.3, 0.4) is 0 Å². The molecule has 144 valence electrons. The summed E-state index contributed by atoms with van der Waals surface area (Å²) in [5.74, 6) is 3.54. The van der Waals surface area contributed by atoms with Crippen LogP contribution >= 0.6 is 11.8 Å². The molecule has 0 fully saturated rings. The van der Waals surface area contributed by atoms with Gasteiger partial charge in [0.25, 0.3) is 0 Å². The van der Waals surface area contributed by atoms with Crippen LogP contribution in [0.25, 0.3) is 11.4 Å². The fraction of sp³-hybridized carbons (Fsp3) is 0.250. The van der Waals surface area contributed by atoms with Crippen LogP contribution in [-0.4, -0.2) is 47.2 Å². The number of fused-ring (bicyclic) bond motifs is 1. The summed E-state index contributed by atoms with van der Waals surface area (Å²) in [4.78, 5) is 0. The van der Waals surface area contributed by atoms with Gasteiger partial charge in [-0.3, -0.25) is 0 Å². The first-order valence-corrected chi connectivity index (χ1v) is 9.83. The highest BCUT2D eigenvalue weighted by molar-refractivity contribution is 7.99. The maximum absolute atomic E-state index is 5.75. The molecule has 0 bridgehead atoms. The molecule has 1 aliphatic heterocycles. The maximum Gasteiger partial charge on any atom is 0.212 e. The first-order valence-electron chi connectivity index (χ1n) is 8.85. The van der Waals surface area contributed by atoms with Crippen molar-refractivity contribution in [3.8, 4) is 28.6 Å². The lowest BCUT2D eigenvalue weighted by atomic mass is 10.1. The fourth-order valence-corrected chi connectivity index (χ4v) is 3.78. The number of rotatable bonds is 6. The molecule has 0 atom stereocenters. The van der Waals surface area contributed by atoms with Gasteiger partial charge in [-0.05, 0) is 31.2 Å². The van der Waals surface area contributed by atoms with E-state index in [1.165, 1.54) is 0 Å². The number of ether oxygens (including phenoxy) is 3. The van der Waals surface area contributed by atoms with Gasteiger partial charge in [0, 0.05) is 17.4 Å². The molecule has 0 aliphatic carbocycles. The second-order valence-corrected chi connectivity index (χ2v) is 6.93. The van der Waals surface area contributed by atoms with E-state index in [9.17, 15) is 0 Å². The molecule has 0 unspecified atom stereocenters. The summed E-state index contributed by atoms with van der Waals surface area (Å²) in [6.45, 7) is 2.53. The van der Waals surface area contributed by atoms with Gasteiger partial charge in [0.1, 0.15) is 17.2 Å². The molecule has 0 N–H and O–H groups in total. The Balaban J connectivity index is 1.79. The minimum atomic E-state index is 0.574. The molecule has 8 heteroatoms. The Kier molecular flexibility index (Phi) is 5.21. The van der Waals surface area contributed by atoms with E-state index in [0.29, 0.717) is 18.2 Å². The largest absolute Gasteiger partial charge is 0.497 e. The monoisotopic (exact) mass is 396 g/mol. The highest BCUT2D eigenvalue weighted by atomic mass is 32.2. The summed E-state index contributed by atoms with van der Waals surface area (Å²) in [5.41, 5.74) is 2.69. The molecule has 0 spiro atoms. The van der Waals surface area contributed by atoms with Crippen molar-refractivity contribution in [2.75, 3.05) is 26.6 Å². The van der Waals surface area contributed by atoms with Crippen molar-refractivity contribution in [1.29, 1.82) is 0 Å². The van der Waals surface area contributed by atoms with Gasteiger partial charge in [-0.15, -0.1) is 10.2 Å². The van der Waals surface area contributed by atoms with Crippen LogP contribution in [0, 0.1) is 0 Å². The highest BCUT2D eigenvalue weighted by Crippen LogP contribution is 2.34. The average Bonchev–Trinajstić information content (AvgIpc) is 3.17. The second kappa shape index (κ2) is 7.93. The molecule has 2 heterocycles. The molecule has 0 radical (unpaired) electrons. The zero-order valence-electron chi connectivity index (χ0n) is 15.9. The molecule has 1 aromatic heterocycles. The lowest BCUT2D eigenvalue weighted by molar-refractivity contribution is 0.341. The smallest absolute Gasteiger partial charge is 0.212 e. The molecule has 0 saturated heterocycles. The normalized spacial score (nSPS) is 12.9. The van der Waals surface area contributed by atoms with Crippen LogP contribution in [0.2, 0.25) is 0 Å². The van der Waals surface area contributed by atoms with E-state index < -0.39 is 0 Å². The number of nitrogens with zero attached hydrogens (tertiary/aromatic N) is 4. The third-order valence-electron chi connectivity index (χ3n) is 4.28. The van der Waals surface area contributed by atoms with E-state index in [1.807, 2.05) is 49.4 Å². The number of thioether (sulfide) groups is 1. The Bertz CT molecular complexity index is 1010. The zero-order chi connectivity index (χ0) is 19.5. The standard InChI is InChI=1S/C20H20N4O3S/c1-4-27-18-8-6-5-7-16(18)19-21-22-20-24(19)23-17(12-28-20)13-9-14(25-2)11-15(10-13)26-3/h5-11H,4,12H2,1-3H3. The van der Waals surface area contributed by atoms with Crippen LogP contribution in [0.5, 0.6) is 17.2 Å². The first-order chi connectivity index (χ1) is 13.7. The molecular formula is C20H20N4O3S. The number of para-hydroxylation sites is 1. The van der Waals surface area contributed by atoms with E-state index in [0.717, 1.165) is 39.2 Å². The van der Waals surface area contributed by atoms with Gasteiger partial charge < -0.3 is 14.2 Å². The van der Waals surface area contributed by atoms with Crippen LogP contribution in [0.4, 0.5) is 0 Å². The quantitative estimate of drug-likeness (QED) is 0.632. The average molecular weight is 396 g/mol. The van der Waals surface area contributed by atoms with Crippen molar-refractivity contribution in [2.24, 2.45) is 5.10 Å². The molecule has 4 rings (SSSR count). The molecule has 0 amide bonds. The Hall–Kier alpha value is -3.00. The Morgan fingerprint density at radius 1 is 1.04 bits per heavy atom. The summed E-state index contributed by atoms with van der Waals surface area (Å²) >= 11 is 1.59. The Labute approximate surface area is 167 Å². The maximum atomic E-state index is 5.75.